The highest BCUT2D eigenvalue weighted by molar-refractivity contribution is 7.98. The summed E-state index contributed by atoms with van der Waals surface area (Å²) < 4.78 is 1.94. The van der Waals surface area contributed by atoms with Crippen molar-refractivity contribution in [1.29, 1.82) is 0 Å². The number of nitrogens with zero attached hydrogens (tertiary/aromatic N) is 3. The minimum absolute atomic E-state index is 0.361. The van der Waals surface area contributed by atoms with E-state index in [1.54, 1.807) is 25.9 Å². The van der Waals surface area contributed by atoms with Crippen LogP contribution in [0.3, 0.4) is 0 Å². The molecule has 6 heteroatoms. The molecule has 0 saturated heterocycles. The SMILES string of the molecule is CN(C)C(=O)C(O)c1c(-c2ccccc2)nc2n1-c1ccccc1SC2. The van der Waals surface area contributed by atoms with Gasteiger partial charge in [0.1, 0.15) is 5.82 Å². The van der Waals surface area contributed by atoms with Gasteiger partial charge in [-0.05, 0) is 12.1 Å². The normalized spacial score (nSPS) is 13.7. The lowest BCUT2D eigenvalue weighted by Crippen LogP contribution is -2.30. The fourth-order valence-corrected chi connectivity index (χ4v) is 4.14. The molecule has 26 heavy (non-hydrogen) atoms. The van der Waals surface area contributed by atoms with Crippen LogP contribution in [0, 0.1) is 0 Å². The molecule has 1 N–H and O–H groups in total. The number of aromatic nitrogens is 2. The molecule has 1 atom stereocenters. The first-order chi connectivity index (χ1) is 12.6. The van der Waals surface area contributed by atoms with Gasteiger partial charge in [0.15, 0.2) is 6.10 Å². The molecule has 2 heterocycles. The lowest BCUT2D eigenvalue weighted by atomic mass is 10.1. The van der Waals surface area contributed by atoms with E-state index in [0.717, 1.165) is 22.0 Å². The maximum Gasteiger partial charge on any atom is 0.257 e. The number of imidazole rings is 1. The summed E-state index contributed by atoms with van der Waals surface area (Å²) in [5.41, 5.74) is 3.02. The molecule has 0 saturated carbocycles. The van der Waals surface area contributed by atoms with Crippen molar-refractivity contribution in [2.75, 3.05) is 14.1 Å². The third kappa shape index (κ3) is 2.71. The summed E-state index contributed by atoms with van der Waals surface area (Å²) >= 11 is 1.71. The van der Waals surface area contributed by atoms with Crippen molar-refractivity contribution in [2.24, 2.45) is 0 Å². The van der Waals surface area contributed by atoms with Crippen molar-refractivity contribution in [2.45, 2.75) is 16.8 Å². The van der Waals surface area contributed by atoms with E-state index in [1.165, 1.54) is 4.90 Å². The summed E-state index contributed by atoms with van der Waals surface area (Å²) in [7, 11) is 3.29. The van der Waals surface area contributed by atoms with Gasteiger partial charge in [0.05, 0.1) is 22.8 Å². The number of aliphatic hydroxyl groups is 1. The van der Waals surface area contributed by atoms with E-state index in [0.29, 0.717) is 17.1 Å². The van der Waals surface area contributed by atoms with Crippen molar-refractivity contribution < 1.29 is 9.90 Å². The molecule has 1 aliphatic heterocycles. The standard InChI is InChI=1S/C20H19N3O2S/c1-22(2)20(25)19(24)18-17(13-8-4-3-5-9-13)21-16-12-26-15-11-7-6-10-14(15)23(16)18/h3-11,19,24H,12H2,1-2H3. The summed E-state index contributed by atoms with van der Waals surface area (Å²) in [4.78, 5) is 19.9. The van der Waals surface area contributed by atoms with Crippen molar-refractivity contribution >= 4 is 17.7 Å². The topological polar surface area (TPSA) is 58.4 Å². The first kappa shape index (κ1) is 16.9. The van der Waals surface area contributed by atoms with E-state index in [-0.39, 0.29) is 5.91 Å². The van der Waals surface area contributed by atoms with Gasteiger partial charge in [0.25, 0.3) is 5.91 Å². The van der Waals surface area contributed by atoms with Crippen LogP contribution in [0.15, 0.2) is 59.5 Å². The molecule has 0 aliphatic carbocycles. The van der Waals surface area contributed by atoms with Crippen LogP contribution in [-0.4, -0.2) is 39.6 Å². The van der Waals surface area contributed by atoms with Gasteiger partial charge >= 0.3 is 0 Å². The first-order valence-corrected chi connectivity index (χ1v) is 9.35. The highest BCUT2D eigenvalue weighted by Gasteiger charge is 2.32. The number of benzene rings is 2. The predicted molar refractivity (Wildman–Crippen MR) is 102 cm³/mol. The van der Waals surface area contributed by atoms with Gasteiger partial charge in [-0.1, -0.05) is 42.5 Å². The second-order valence-electron chi connectivity index (χ2n) is 6.35. The molecule has 3 aromatic rings. The summed E-state index contributed by atoms with van der Waals surface area (Å²) in [5, 5.41) is 10.9. The lowest BCUT2D eigenvalue weighted by molar-refractivity contribution is -0.138. The second kappa shape index (κ2) is 6.63. The number of para-hydroxylation sites is 1. The summed E-state index contributed by atoms with van der Waals surface area (Å²) in [6, 6.07) is 17.7. The van der Waals surface area contributed by atoms with Crippen molar-refractivity contribution in [3.63, 3.8) is 0 Å². The monoisotopic (exact) mass is 365 g/mol. The zero-order valence-electron chi connectivity index (χ0n) is 14.6. The number of amides is 1. The van der Waals surface area contributed by atoms with Gasteiger partial charge < -0.3 is 10.0 Å². The van der Waals surface area contributed by atoms with Crippen LogP contribution in [0.25, 0.3) is 16.9 Å². The molecular formula is C20H19N3O2S. The number of likely N-dealkylation sites (N-methyl/N-ethyl adjacent to an activating group) is 1. The Morgan fingerprint density at radius 2 is 1.85 bits per heavy atom. The Bertz CT molecular complexity index is 966. The molecule has 0 fully saturated rings. The van der Waals surface area contributed by atoms with Crippen molar-refractivity contribution in [3.8, 4) is 16.9 Å². The predicted octanol–water partition coefficient (Wildman–Crippen LogP) is 3.27. The Morgan fingerprint density at radius 1 is 1.15 bits per heavy atom. The van der Waals surface area contributed by atoms with Crippen LogP contribution < -0.4 is 0 Å². The Morgan fingerprint density at radius 3 is 2.58 bits per heavy atom. The molecule has 1 aromatic heterocycles. The van der Waals surface area contributed by atoms with E-state index < -0.39 is 6.10 Å². The van der Waals surface area contributed by atoms with Crippen molar-refractivity contribution in [1.82, 2.24) is 14.5 Å². The molecule has 4 rings (SSSR count). The minimum atomic E-state index is -1.28. The second-order valence-corrected chi connectivity index (χ2v) is 7.37. The first-order valence-electron chi connectivity index (χ1n) is 8.36. The third-order valence-corrected chi connectivity index (χ3v) is 5.49. The summed E-state index contributed by atoms with van der Waals surface area (Å²) in [6.45, 7) is 0. The molecule has 1 aliphatic rings. The fourth-order valence-electron chi connectivity index (χ4n) is 3.17. The number of hydrogen-bond donors (Lipinski definition) is 1. The van der Waals surface area contributed by atoms with Crippen LogP contribution >= 0.6 is 11.8 Å². The van der Waals surface area contributed by atoms with Gasteiger partial charge in [0.2, 0.25) is 0 Å². The summed E-state index contributed by atoms with van der Waals surface area (Å²) in [6.07, 6.45) is -1.28. The number of carbonyl (C=O) groups excluding carboxylic acids is 1. The molecule has 2 aromatic carbocycles. The number of hydrogen-bond acceptors (Lipinski definition) is 4. The maximum absolute atomic E-state index is 12.6. The Kier molecular flexibility index (Phi) is 4.30. The van der Waals surface area contributed by atoms with Crippen molar-refractivity contribution in [3.05, 3.63) is 66.1 Å². The molecule has 0 radical (unpaired) electrons. The average molecular weight is 365 g/mol. The van der Waals surface area contributed by atoms with Gasteiger partial charge in [0, 0.05) is 24.6 Å². The van der Waals surface area contributed by atoms with E-state index in [2.05, 4.69) is 6.07 Å². The highest BCUT2D eigenvalue weighted by atomic mass is 32.2. The molecule has 0 spiro atoms. The van der Waals surface area contributed by atoms with Gasteiger partial charge in [-0.15, -0.1) is 11.8 Å². The zero-order valence-corrected chi connectivity index (χ0v) is 15.4. The lowest BCUT2D eigenvalue weighted by Gasteiger charge is -2.23. The number of fused-ring (bicyclic) bond motifs is 3. The Hall–Kier alpha value is -2.57. The van der Waals surface area contributed by atoms with E-state index in [1.807, 2.05) is 53.1 Å². The molecule has 0 bridgehead atoms. The quantitative estimate of drug-likeness (QED) is 0.774. The minimum Gasteiger partial charge on any atom is -0.377 e. The Labute approximate surface area is 156 Å². The number of thioether (sulfide) groups is 1. The molecule has 5 nitrogen and oxygen atoms in total. The summed E-state index contributed by atoms with van der Waals surface area (Å²) in [5.74, 6) is 1.17. The number of aliphatic hydroxyl groups excluding tert-OH is 1. The number of carbonyl (C=O) groups is 1. The van der Waals surface area contributed by atoms with E-state index in [9.17, 15) is 9.90 Å². The highest BCUT2D eigenvalue weighted by Crippen LogP contribution is 2.40. The smallest absolute Gasteiger partial charge is 0.257 e. The molecule has 1 unspecified atom stereocenters. The zero-order chi connectivity index (χ0) is 18.3. The fraction of sp³-hybridized carbons (Fsp3) is 0.200. The average Bonchev–Trinajstić information content (AvgIpc) is 3.07. The van der Waals surface area contributed by atoms with Crippen LogP contribution in [0.5, 0.6) is 0 Å². The van der Waals surface area contributed by atoms with E-state index in [4.69, 9.17) is 4.98 Å². The molecular weight excluding hydrogens is 346 g/mol. The molecule has 132 valence electrons. The van der Waals surface area contributed by atoms with Gasteiger partial charge in [-0.2, -0.15) is 0 Å². The van der Waals surface area contributed by atoms with Gasteiger partial charge in [-0.25, -0.2) is 4.98 Å². The Balaban J connectivity index is 1.98. The maximum atomic E-state index is 12.6. The van der Waals surface area contributed by atoms with Crippen LogP contribution in [0.2, 0.25) is 0 Å². The number of rotatable bonds is 3. The van der Waals surface area contributed by atoms with E-state index >= 15 is 0 Å². The van der Waals surface area contributed by atoms with Crippen LogP contribution in [0.4, 0.5) is 0 Å². The largest absolute Gasteiger partial charge is 0.377 e. The van der Waals surface area contributed by atoms with Gasteiger partial charge in [-0.3, -0.25) is 9.36 Å². The third-order valence-electron chi connectivity index (χ3n) is 4.43. The van der Waals surface area contributed by atoms with Crippen LogP contribution in [-0.2, 0) is 10.5 Å². The van der Waals surface area contributed by atoms with Crippen LogP contribution in [0.1, 0.15) is 17.6 Å². The molecule has 1 amide bonds.